The van der Waals surface area contributed by atoms with Crippen LogP contribution in [0.4, 0.5) is 0 Å². The maximum atomic E-state index is 14.0. The normalized spacial score (nSPS) is 15.5. The largest absolute Gasteiger partial charge is 0.372 e. The molecular formula is C27H25BrN2O3S2. The molecule has 4 aromatic rings. The molecule has 0 amide bonds. The van der Waals surface area contributed by atoms with Gasteiger partial charge in [0, 0.05) is 21.3 Å². The highest BCUT2D eigenvalue weighted by molar-refractivity contribution is 9.10. The van der Waals surface area contributed by atoms with Crippen LogP contribution in [-0.4, -0.2) is 27.2 Å². The van der Waals surface area contributed by atoms with Gasteiger partial charge >= 0.3 is 0 Å². The maximum Gasteiger partial charge on any atom is 0.267 e. The van der Waals surface area contributed by atoms with Gasteiger partial charge in [-0.3, -0.25) is 14.2 Å². The van der Waals surface area contributed by atoms with E-state index in [1.165, 1.54) is 23.1 Å². The smallest absolute Gasteiger partial charge is 0.267 e. The van der Waals surface area contributed by atoms with Gasteiger partial charge in [0.25, 0.3) is 5.56 Å². The Kier molecular flexibility index (Phi) is 6.99. The van der Waals surface area contributed by atoms with Crippen molar-refractivity contribution < 1.29 is 9.53 Å². The molecule has 5 rings (SSSR count). The Hall–Kier alpha value is -2.26. The molecule has 1 atom stereocenters. The van der Waals surface area contributed by atoms with Crippen LogP contribution >= 0.6 is 39.0 Å². The summed E-state index contributed by atoms with van der Waals surface area (Å²) in [5, 5.41) is 1.21. The number of Topliss-reactive ketones (excluding diaryl/α,β-unsaturated/α-hetero) is 1. The number of benzene rings is 2. The number of thiophene rings is 1. The second kappa shape index (κ2) is 10.0. The molecule has 8 heteroatoms. The number of ketones is 1. The molecule has 0 spiro atoms. The molecule has 0 fully saturated rings. The van der Waals surface area contributed by atoms with Crippen LogP contribution in [0.2, 0.25) is 0 Å². The Balaban J connectivity index is 1.59. The van der Waals surface area contributed by atoms with Crippen molar-refractivity contribution in [2.45, 2.75) is 45.1 Å². The first-order chi connectivity index (χ1) is 16.8. The van der Waals surface area contributed by atoms with E-state index in [0.29, 0.717) is 35.1 Å². The zero-order valence-electron chi connectivity index (χ0n) is 19.7. The van der Waals surface area contributed by atoms with Gasteiger partial charge in [0.15, 0.2) is 10.9 Å². The van der Waals surface area contributed by atoms with E-state index in [2.05, 4.69) is 29.8 Å². The van der Waals surface area contributed by atoms with E-state index in [-0.39, 0.29) is 23.2 Å². The Morgan fingerprint density at radius 2 is 1.91 bits per heavy atom. The molecule has 3 heterocycles. The van der Waals surface area contributed by atoms with Crippen molar-refractivity contribution in [2.24, 2.45) is 5.92 Å². The fourth-order valence-electron chi connectivity index (χ4n) is 4.20. The van der Waals surface area contributed by atoms with E-state index in [4.69, 9.17) is 9.72 Å². The molecule has 1 unspecified atom stereocenters. The highest BCUT2D eigenvalue weighted by Crippen LogP contribution is 2.36. The number of aromatic nitrogens is 2. The van der Waals surface area contributed by atoms with Gasteiger partial charge in [0.2, 0.25) is 0 Å². The first-order valence-electron chi connectivity index (χ1n) is 11.5. The van der Waals surface area contributed by atoms with E-state index in [1.54, 1.807) is 16.7 Å². The molecular weight excluding hydrogens is 544 g/mol. The first kappa shape index (κ1) is 24.4. The van der Waals surface area contributed by atoms with Gasteiger partial charge in [-0.1, -0.05) is 71.4 Å². The number of aryl methyl sites for hydroxylation is 1. The topological polar surface area (TPSA) is 61.2 Å². The van der Waals surface area contributed by atoms with Crippen LogP contribution in [0.1, 0.15) is 40.2 Å². The third-order valence-corrected chi connectivity index (χ3v) is 8.81. The third-order valence-electron chi connectivity index (χ3n) is 6.25. The van der Waals surface area contributed by atoms with E-state index in [0.717, 1.165) is 31.0 Å². The lowest BCUT2D eigenvalue weighted by Crippen LogP contribution is -2.28. The lowest BCUT2D eigenvalue weighted by atomic mass is 9.96. The minimum Gasteiger partial charge on any atom is -0.372 e. The molecule has 5 nitrogen and oxygen atoms in total. The summed E-state index contributed by atoms with van der Waals surface area (Å²) in [6, 6.07) is 15.1. The summed E-state index contributed by atoms with van der Waals surface area (Å²) in [6.07, 6.45) is 0.803. The number of thioether (sulfide) groups is 1. The predicted molar refractivity (Wildman–Crippen MR) is 146 cm³/mol. The monoisotopic (exact) mass is 568 g/mol. The summed E-state index contributed by atoms with van der Waals surface area (Å²) in [5.74, 6) is 0.547. The van der Waals surface area contributed by atoms with Crippen LogP contribution < -0.4 is 5.56 Å². The molecule has 0 bridgehead atoms. The number of carbonyl (C=O) groups excluding carboxylic acids is 1. The molecule has 0 saturated carbocycles. The number of fused-ring (bicyclic) bond motifs is 3. The average molecular weight is 570 g/mol. The lowest BCUT2D eigenvalue weighted by molar-refractivity contribution is 0.00200. The average Bonchev–Trinajstić information content (AvgIpc) is 3.21. The summed E-state index contributed by atoms with van der Waals surface area (Å²) >= 11 is 6.23. The maximum absolute atomic E-state index is 14.0. The van der Waals surface area contributed by atoms with E-state index in [1.807, 2.05) is 43.3 Å². The summed E-state index contributed by atoms with van der Waals surface area (Å²) < 4.78 is 8.63. The minimum absolute atomic E-state index is 0.00838. The van der Waals surface area contributed by atoms with Gasteiger partial charge in [0.1, 0.15) is 4.83 Å². The second-order valence-corrected chi connectivity index (χ2v) is 12.0. The summed E-state index contributed by atoms with van der Waals surface area (Å²) in [4.78, 5) is 33.6. The quantitative estimate of drug-likeness (QED) is 0.149. The van der Waals surface area contributed by atoms with Crippen molar-refractivity contribution in [1.29, 1.82) is 0 Å². The number of hydrogen-bond donors (Lipinski definition) is 0. The van der Waals surface area contributed by atoms with Gasteiger partial charge in [-0.15, -0.1) is 11.3 Å². The Bertz CT molecular complexity index is 1460. The van der Waals surface area contributed by atoms with Gasteiger partial charge in [0.05, 0.1) is 29.5 Å². The van der Waals surface area contributed by atoms with Crippen LogP contribution in [-0.2, 0) is 17.8 Å². The summed E-state index contributed by atoms with van der Waals surface area (Å²) in [6.45, 7) is 6.81. The van der Waals surface area contributed by atoms with E-state index >= 15 is 0 Å². The predicted octanol–water partition coefficient (Wildman–Crippen LogP) is 6.59. The fraction of sp³-hybridized carbons (Fsp3) is 0.296. The fourth-order valence-corrected chi connectivity index (χ4v) is 6.54. The van der Waals surface area contributed by atoms with Crippen LogP contribution in [0.25, 0.3) is 15.9 Å². The summed E-state index contributed by atoms with van der Waals surface area (Å²) in [5.41, 5.74) is 3.48. The van der Waals surface area contributed by atoms with Crippen molar-refractivity contribution in [3.63, 3.8) is 0 Å². The number of ether oxygens (including phenoxy) is 1. The molecule has 1 aliphatic rings. The number of rotatable bonds is 6. The van der Waals surface area contributed by atoms with E-state index < -0.39 is 0 Å². The highest BCUT2D eigenvalue weighted by atomic mass is 79.9. The van der Waals surface area contributed by atoms with Crippen molar-refractivity contribution in [2.75, 3.05) is 5.75 Å². The Morgan fingerprint density at radius 1 is 1.20 bits per heavy atom. The van der Waals surface area contributed by atoms with Gasteiger partial charge in [-0.05, 0) is 42.7 Å². The van der Waals surface area contributed by atoms with Crippen LogP contribution in [0, 0.1) is 12.8 Å². The van der Waals surface area contributed by atoms with Gasteiger partial charge < -0.3 is 4.74 Å². The second-order valence-electron chi connectivity index (χ2n) is 9.07. The molecule has 2 aromatic carbocycles. The lowest BCUT2D eigenvalue weighted by Gasteiger charge is -2.26. The number of halogens is 1. The summed E-state index contributed by atoms with van der Waals surface area (Å²) in [7, 11) is 0. The van der Waals surface area contributed by atoms with Crippen LogP contribution in [0.5, 0.6) is 0 Å². The molecule has 0 N–H and O–H groups in total. The van der Waals surface area contributed by atoms with Crippen LogP contribution in [0.3, 0.4) is 0 Å². The first-order valence-corrected chi connectivity index (χ1v) is 14.1. The molecule has 2 aromatic heterocycles. The Labute approximate surface area is 220 Å². The Morgan fingerprint density at radius 3 is 2.60 bits per heavy atom. The molecule has 0 saturated heterocycles. The molecule has 0 aliphatic carbocycles. The minimum atomic E-state index is -0.0839. The molecule has 0 radical (unpaired) electrons. The molecule has 35 heavy (non-hydrogen) atoms. The number of carbonyl (C=O) groups is 1. The van der Waals surface area contributed by atoms with Crippen molar-refractivity contribution in [1.82, 2.24) is 9.55 Å². The van der Waals surface area contributed by atoms with Crippen molar-refractivity contribution in [3.05, 3.63) is 84.9 Å². The van der Waals surface area contributed by atoms with Crippen LogP contribution in [0.15, 0.2) is 63.0 Å². The molecule has 1 aliphatic heterocycles. The van der Waals surface area contributed by atoms with Gasteiger partial charge in [-0.25, -0.2) is 4.98 Å². The zero-order valence-corrected chi connectivity index (χ0v) is 22.9. The number of hydrogen-bond acceptors (Lipinski definition) is 6. The van der Waals surface area contributed by atoms with E-state index in [9.17, 15) is 9.59 Å². The highest BCUT2D eigenvalue weighted by Gasteiger charge is 2.29. The zero-order chi connectivity index (χ0) is 24.7. The van der Waals surface area contributed by atoms with Crippen molar-refractivity contribution >= 4 is 55.0 Å². The SMILES string of the molecule is Cc1ccc(-n2c(SCC(=O)c3ccc(Br)cc3)nc3sc4c(c3c2=O)CC(C(C)C)OC4)cc1. The third kappa shape index (κ3) is 4.89. The molecule has 180 valence electrons. The number of nitrogens with zero attached hydrogens (tertiary/aromatic N) is 2. The van der Waals surface area contributed by atoms with Crippen molar-refractivity contribution in [3.8, 4) is 5.69 Å². The van der Waals surface area contributed by atoms with Gasteiger partial charge in [-0.2, -0.15) is 0 Å². The standard InChI is InChI=1S/C27H25BrN2O3S2/c1-15(2)22-12-20-23(13-33-22)35-25-24(20)26(32)30(19-10-4-16(3)5-11-19)27(29-25)34-14-21(31)17-6-8-18(28)9-7-17/h4-11,15,22H,12-14H2,1-3H3.